The van der Waals surface area contributed by atoms with E-state index in [0.29, 0.717) is 64.2 Å². The van der Waals surface area contributed by atoms with Crippen molar-refractivity contribution in [1.29, 1.82) is 0 Å². The molecule has 21 heteroatoms. The minimum atomic E-state index is -1.67. The molecule has 3 saturated carbocycles. The fourth-order valence-electron chi connectivity index (χ4n) is 16.4. The number of fused-ring (bicyclic) bond motifs is 5. The van der Waals surface area contributed by atoms with Crippen molar-refractivity contribution < 1.29 is 101 Å². The second-order valence-corrected chi connectivity index (χ2v) is 26.7. The Morgan fingerprint density at radius 3 is 1.43 bits per heavy atom. The van der Waals surface area contributed by atoms with Crippen molar-refractivity contribution in [2.75, 3.05) is 35.5 Å². The standard InChI is InChI=1S/C63H102O21/c1-31(2)32(3)23-49(65)80-48-30-47-60(10)20-18-40(24-39(60)17-21-62(47,67)63(68)22-19-41(33(4)64)61(48,63)11)79-50-26-43(70-13)56(35(6)75-50)82-52-28-45(72-15)58(37(8)77-52)84-54-29-46(73-16)59(38(9)78-54)83-53-27-44(71-14)57(36(7)76-53)81-51-25-42(69-12)55(66)34(5)74-51/h17,23,31,34-38,40-48,50-59,66-68H,18-22,24-30H2,1-16H3/b32-23+/t34-,35+,36+,37+,38+,40-,41-,42+,43-,44+,45-,46+,47+,48+,50-,51-,52-,53-,54-,55-,56+,57+,58+,59+,60-,61-,62-,63+/m0/s1. The van der Waals surface area contributed by atoms with Gasteiger partial charge in [0.1, 0.15) is 53.6 Å². The maximum atomic E-state index is 13.6. The number of hydrogen-bond donors (Lipinski definition) is 3. The van der Waals surface area contributed by atoms with Gasteiger partial charge in [-0.1, -0.05) is 44.9 Å². The molecule has 28 atom stereocenters. The maximum Gasteiger partial charge on any atom is 0.330 e. The van der Waals surface area contributed by atoms with Crippen LogP contribution < -0.4 is 0 Å². The molecule has 0 bridgehead atoms. The average molecular weight is 1200 g/mol. The zero-order valence-corrected chi connectivity index (χ0v) is 52.8. The Labute approximate surface area is 497 Å². The van der Waals surface area contributed by atoms with Crippen molar-refractivity contribution in [3.8, 4) is 0 Å². The van der Waals surface area contributed by atoms with Crippen LogP contribution in [0.5, 0.6) is 0 Å². The number of carbonyl (C=O) groups excluding carboxylic acids is 2. The van der Waals surface area contributed by atoms with Gasteiger partial charge in [0, 0.05) is 91.0 Å². The van der Waals surface area contributed by atoms with Crippen LogP contribution in [0.3, 0.4) is 0 Å². The number of aliphatic hydroxyl groups excluding tert-OH is 1. The van der Waals surface area contributed by atoms with E-state index in [4.69, 9.17) is 75.8 Å². The van der Waals surface area contributed by atoms with E-state index in [1.165, 1.54) is 13.0 Å². The van der Waals surface area contributed by atoms with Crippen LogP contribution in [0.25, 0.3) is 0 Å². The molecule has 5 aliphatic heterocycles. The first kappa shape index (κ1) is 66.3. The molecule has 5 heterocycles. The number of rotatable bonds is 19. The zero-order chi connectivity index (χ0) is 61.0. The van der Waals surface area contributed by atoms with Crippen LogP contribution in [0.4, 0.5) is 0 Å². The Morgan fingerprint density at radius 1 is 0.595 bits per heavy atom. The van der Waals surface area contributed by atoms with E-state index in [9.17, 15) is 24.9 Å². The van der Waals surface area contributed by atoms with E-state index in [1.54, 1.807) is 42.5 Å². The monoisotopic (exact) mass is 1190 g/mol. The van der Waals surface area contributed by atoms with Gasteiger partial charge in [-0.25, -0.2) is 4.79 Å². The van der Waals surface area contributed by atoms with Crippen LogP contribution in [-0.2, 0) is 85.4 Å². The molecule has 84 heavy (non-hydrogen) atoms. The van der Waals surface area contributed by atoms with Gasteiger partial charge in [0.25, 0.3) is 0 Å². The number of ketones is 1. The Balaban J connectivity index is 0.773. The van der Waals surface area contributed by atoms with Crippen LogP contribution in [0, 0.1) is 28.6 Å². The smallest absolute Gasteiger partial charge is 0.330 e. The fraction of sp³-hybridized carbons (Fsp3) is 0.905. The second-order valence-electron chi connectivity index (χ2n) is 26.7. The van der Waals surface area contributed by atoms with Crippen LogP contribution >= 0.6 is 0 Å². The predicted molar refractivity (Wildman–Crippen MR) is 302 cm³/mol. The highest BCUT2D eigenvalue weighted by atomic mass is 16.8. The third kappa shape index (κ3) is 12.7. The fourth-order valence-corrected chi connectivity index (χ4v) is 16.4. The Kier molecular flexibility index (Phi) is 21.1. The van der Waals surface area contributed by atoms with Crippen LogP contribution in [-0.4, -0.2) is 209 Å². The molecule has 0 radical (unpaired) electrons. The Bertz CT molecular complexity index is 2300. The molecule has 0 aromatic rings. The molecule has 0 unspecified atom stereocenters. The number of carbonyl (C=O) groups is 2. The molecule has 9 rings (SSSR count). The average Bonchev–Trinajstić information content (AvgIpc) is 1.30. The SMILES string of the molecule is CO[C@H]1C[C@H](O[C@H]2CC[C@@]3(C)C(=CC[C@]4(O)[C@@H]3C[C@@H](OC(=O)/C=C(\C)C(C)C)[C@]3(C)[C@H](C(C)=O)CC[C@@]34O)C2)O[C@H](C)[C@H]1O[C@H]1C[C@H](OC)[C@H](O[C@H]2C[C@@H](OC)[C@H](O[C@H]3C[C@@H](OC)[C@H](O[C@H]4C[C@@H](OC)[C@@H](O)[C@H](C)O4)[C@@H](C)O3)[C@@H](C)O2)[C@@H](C)O1. The molecule has 4 aliphatic carbocycles. The molecular weight excluding hydrogens is 1090 g/mol. The molecule has 0 amide bonds. The van der Waals surface area contributed by atoms with Crippen molar-refractivity contribution in [2.24, 2.45) is 28.6 Å². The second kappa shape index (κ2) is 26.8. The van der Waals surface area contributed by atoms with Crippen LogP contribution in [0.2, 0.25) is 0 Å². The van der Waals surface area contributed by atoms with Crippen molar-refractivity contribution in [3.05, 3.63) is 23.3 Å². The molecule has 3 N–H and O–H groups in total. The van der Waals surface area contributed by atoms with E-state index in [0.717, 1.165) is 11.1 Å². The lowest BCUT2D eigenvalue weighted by Crippen LogP contribution is -2.75. The molecule has 480 valence electrons. The number of Topliss-reactive ketones (excluding diaryl/α,β-unsaturated/α-hetero) is 1. The summed E-state index contributed by atoms with van der Waals surface area (Å²) in [6.07, 6.45) is -2.42. The van der Waals surface area contributed by atoms with Crippen molar-refractivity contribution in [1.82, 2.24) is 0 Å². The predicted octanol–water partition coefficient (Wildman–Crippen LogP) is 6.54. The van der Waals surface area contributed by atoms with Gasteiger partial charge in [-0.05, 0) is 105 Å². The minimum absolute atomic E-state index is 0.0769. The Morgan fingerprint density at radius 2 is 1.01 bits per heavy atom. The quantitative estimate of drug-likeness (QED) is 0.0706. The highest BCUT2D eigenvalue weighted by molar-refractivity contribution is 5.83. The summed E-state index contributed by atoms with van der Waals surface area (Å²) in [5, 5.41) is 36.4. The van der Waals surface area contributed by atoms with Gasteiger partial charge in [0.15, 0.2) is 31.5 Å². The van der Waals surface area contributed by atoms with E-state index >= 15 is 0 Å². The highest BCUT2D eigenvalue weighted by Crippen LogP contribution is 2.70. The van der Waals surface area contributed by atoms with Crippen LogP contribution in [0.15, 0.2) is 23.3 Å². The Hall–Kier alpha value is -2.10. The molecule has 0 aromatic carbocycles. The number of allylic oxidation sites excluding steroid dienone is 1. The first-order valence-electron chi connectivity index (χ1n) is 31.2. The summed E-state index contributed by atoms with van der Waals surface area (Å²) >= 11 is 0. The largest absolute Gasteiger partial charge is 0.458 e. The molecule has 8 fully saturated rings. The van der Waals surface area contributed by atoms with Gasteiger partial charge >= 0.3 is 5.97 Å². The maximum absolute atomic E-state index is 13.6. The lowest BCUT2D eigenvalue weighted by molar-refractivity contribution is -0.352. The first-order valence-corrected chi connectivity index (χ1v) is 31.2. The number of aliphatic hydroxyl groups is 3. The van der Waals surface area contributed by atoms with E-state index in [1.807, 2.05) is 55.4 Å². The summed E-state index contributed by atoms with van der Waals surface area (Å²) in [6.45, 7) is 21.0. The molecule has 0 aromatic heterocycles. The molecule has 5 saturated heterocycles. The van der Waals surface area contributed by atoms with Gasteiger partial charge in [-0.2, -0.15) is 0 Å². The van der Waals surface area contributed by atoms with E-state index in [-0.39, 0.29) is 42.9 Å². The number of esters is 1. The molecule has 9 aliphatic rings. The van der Waals surface area contributed by atoms with Crippen molar-refractivity contribution in [3.63, 3.8) is 0 Å². The number of hydrogen-bond acceptors (Lipinski definition) is 21. The van der Waals surface area contributed by atoms with E-state index < -0.39 is 157 Å². The van der Waals surface area contributed by atoms with Gasteiger partial charge in [0.05, 0.1) is 67.1 Å². The summed E-state index contributed by atoms with van der Waals surface area (Å²) in [4.78, 5) is 26.9. The highest BCUT2D eigenvalue weighted by Gasteiger charge is 2.77. The number of ether oxygens (including phenoxy) is 16. The summed E-state index contributed by atoms with van der Waals surface area (Å²) in [6, 6.07) is 0. The summed E-state index contributed by atoms with van der Waals surface area (Å²) < 4.78 is 101. The molecule has 0 spiro atoms. The lowest BCUT2D eigenvalue weighted by atomic mass is 9.43. The van der Waals surface area contributed by atoms with Crippen molar-refractivity contribution >= 4 is 11.8 Å². The normalized spacial score (nSPS) is 49.1. The molecular formula is C63H102O21. The topological polar surface area (TPSA) is 243 Å². The van der Waals surface area contributed by atoms with Crippen molar-refractivity contribution in [2.45, 2.75) is 300 Å². The zero-order valence-electron chi connectivity index (χ0n) is 52.8. The summed E-state index contributed by atoms with van der Waals surface area (Å²) in [7, 11) is 8.17. The van der Waals surface area contributed by atoms with Gasteiger partial charge in [0.2, 0.25) is 0 Å². The lowest BCUT2D eigenvalue weighted by Gasteiger charge is -2.66. The van der Waals surface area contributed by atoms with Gasteiger partial charge in [-0.3, -0.25) is 4.79 Å². The summed E-state index contributed by atoms with van der Waals surface area (Å²) in [5.74, 6) is -1.45. The van der Waals surface area contributed by atoms with Gasteiger partial charge < -0.3 is 91.1 Å². The summed E-state index contributed by atoms with van der Waals surface area (Å²) in [5.41, 5.74) is -2.91. The van der Waals surface area contributed by atoms with Gasteiger partial charge in [-0.15, -0.1) is 0 Å². The molecule has 21 nitrogen and oxygen atoms in total. The minimum Gasteiger partial charge on any atom is -0.458 e. The third-order valence-electron chi connectivity index (χ3n) is 21.6. The van der Waals surface area contributed by atoms with E-state index in [2.05, 4.69) is 13.0 Å². The first-order chi connectivity index (χ1) is 39.7. The van der Waals surface area contributed by atoms with Crippen LogP contribution in [0.1, 0.15) is 153 Å². The third-order valence-corrected chi connectivity index (χ3v) is 21.6. The number of methoxy groups -OCH3 is 5.